The van der Waals surface area contributed by atoms with Gasteiger partial charge in [0.15, 0.2) is 0 Å². The summed E-state index contributed by atoms with van der Waals surface area (Å²) in [6, 6.07) is 11.4. The molecule has 0 unspecified atom stereocenters. The van der Waals surface area contributed by atoms with Crippen LogP contribution in [0.2, 0.25) is 5.02 Å². The van der Waals surface area contributed by atoms with E-state index in [1.165, 1.54) is 0 Å². The average molecular weight is 292 g/mol. The quantitative estimate of drug-likeness (QED) is 0.880. The van der Waals surface area contributed by atoms with Crippen LogP contribution in [-0.4, -0.2) is 17.0 Å². The number of benzene rings is 1. The van der Waals surface area contributed by atoms with E-state index in [0.717, 1.165) is 28.5 Å². The largest absolute Gasteiger partial charge is 0.389 e. The molecule has 0 aliphatic heterocycles. The van der Waals surface area contributed by atoms with Crippen LogP contribution in [0.1, 0.15) is 11.1 Å². The van der Waals surface area contributed by atoms with Crippen LogP contribution in [-0.2, 0) is 6.54 Å². The monoisotopic (exact) mass is 291 g/mol. The van der Waals surface area contributed by atoms with Gasteiger partial charge in [-0.15, -0.1) is 0 Å². The lowest BCUT2D eigenvalue weighted by molar-refractivity contribution is 0.898. The predicted octanol–water partition coefficient (Wildman–Crippen LogP) is 3.01. The van der Waals surface area contributed by atoms with Crippen LogP contribution in [0, 0.1) is 0 Å². The smallest absolute Gasteiger partial charge is 0.129 e. The zero-order valence-electron chi connectivity index (χ0n) is 10.5. The molecule has 0 aliphatic carbocycles. The number of nitrogens with zero attached hydrogens (tertiary/aromatic N) is 2. The zero-order chi connectivity index (χ0) is 13.8. The van der Waals surface area contributed by atoms with E-state index in [0.29, 0.717) is 4.99 Å². The Morgan fingerprint density at radius 3 is 2.63 bits per heavy atom. The summed E-state index contributed by atoms with van der Waals surface area (Å²) in [6.45, 7) is 0.741. The Kier molecular flexibility index (Phi) is 4.35. The highest BCUT2D eigenvalue weighted by Crippen LogP contribution is 2.16. The van der Waals surface area contributed by atoms with Gasteiger partial charge in [-0.3, -0.25) is 0 Å². The normalized spacial score (nSPS) is 10.2. The van der Waals surface area contributed by atoms with Crippen molar-refractivity contribution in [2.45, 2.75) is 6.54 Å². The predicted molar refractivity (Wildman–Crippen MR) is 83.7 cm³/mol. The molecule has 0 saturated heterocycles. The third-order valence-electron chi connectivity index (χ3n) is 2.75. The van der Waals surface area contributed by atoms with E-state index in [9.17, 15) is 0 Å². The molecule has 0 spiro atoms. The van der Waals surface area contributed by atoms with Crippen molar-refractivity contribution >= 4 is 34.6 Å². The third-order valence-corrected chi connectivity index (χ3v) is 3.24. The van der Waals surface area contributed by atoms with E-state index in [-0.39, 0.29) is 0 Å². The van der Waals surface area contributed by atoms with Crippen LogP contribution in [0.4, 0.5) is 5.82 Å². The highest BCUT2D eigenvalue weighted by Gasteiger charge is 2.05. The summed E-state index contributed by atoms with van der Waals surface area (Å²) in [4.78, 5) is 6.73. The van der Waals surface area contributed by atoms with Gasteiger partial charge in [0.25, 0.3) is 0 Å². The summed E-state index contributed by atoms with van der Waals surface area (Å²) in [6.07, 6.45) is 1.71. The number of aromatic nitrogens is 1. The lowest BCUT2D eigenvalue weighted by Crippen LogP contribution is -2.19. The molecule has 1 aromatic heterocycles. The maximum Gasteiger partial charge on any atom is 0.129 e. The molecule has 0 atom stereocenters. The van der Waals surface area contributed by atoms with E-state index in [4.69, 9.17) is 29.6 Å². The topological polar surface area (TPSA) is 42.1 Å². The van der Waals surface area contributed by atoms with Gasteiger partial charge in [0.05, 0.1) is 0 Å². The van der Waals surface area contributed by atoms with Crippen LogP contribution in [0.25, 0.3) is 0 Å². The Balaban J connectivity index is 2.15. The Morgan fingerprint density at radius 2 is 2.00 bits per heavy atom. The van der Waals surface area contributed by atoms with Crippen molar-refractivity contribution in [2.24, 2.45) is 5.73 Å². The van der Waals surface area contributed by atoms with E-state index in [1.54, 1.807) is 6.20 Å². The molecule has 1 heterocycles. The molecule has 3 nitrogen and oxygen atoms in total. The Labute approximate surface area is 123 Å². The van der Waals surface area contributed by atoms with Gasteiger partial charge in [-0.2, -0.15) is 0 Å². The van der Waals surface area contributed by atoms with Gasteiger partial charge in [0.1, 0.15) is 10.8 Å². The number of halogens is 1. The fourth-order valence-corrected chi connectivity index (χ4v) is 1.98. The molecule has 1 aromatic carbocycles. The lowest BCUT2D eigenvalue weighted by Gasteiger charge is -2.18. The summed E-state index contributed by atoms with van der Waals surface area (Å²) in [7, 11) is 1.97. The molecule has 0 amide bonds. The summed E-state index contributed by atoms with van der Waals surface area (Å²) < 4.78 is 0. The molecule has 0 fully saturated rings. The maximum atomic E-state index is 5.87. The highest BCUT2D eigenvalue weighted by atomic mass is 35.5. The summed E-state index contributed by atoms with van der Waals surface area (Å²) in [5.74, 6) is 0.834. The van der Waals surface area contributed by atoms with Gasteiger partial charge in [-0.25, -0.2) is 4.98 Å². The number of hydrogen-bond donors (Lipinski definition) is 1. The molecule has 5 heteroatoms. The number of rotatable bonds is 4. The number of pyridine rings is 1. The third kappa shape index (κ3) is 3.66. The van der Waals surface area contributed by atoms with E-state index in [2.05, 4.69) is 4.98 Å². The minimum absolute atomic E-state index is 0.378. The van der Waals surface area contributed by atoms with E-state index >= 15 is 0 Å². The van der Waals surface area contributed by atoms with Crippen LogP contribution in [0.5, 0.6) is 0 Å². The molecule has 2 N–H and O–H groups in total. The molecule has 2 aromatic rings. The van der Waals surface area contributed by atoms with Crippen molar-refractivity contribution in [1.82, 2.24) is 4.98 Å². The number of nitrogens with two attached hydrogens (primary N) is 1. The van der Waals surface area contributed by atoms with E-state index < -0.39 is 0 Å². The summed E-state index contributed by atoms with van der Waals surface area (Å²) in [5.41, 5.74) is 7.61. The molecular formula is C14H14ClN3S. The van der Waals surface area contributed by atoms with Crippen molar-refractivity contribution in [3.63, 3.8) is 0 Å². The number of thiocarbonyl (C=S) groups is 1. The van der Waals surface area contributed by atoms with Gasteiger partial charge in [-0.05, 0) is 29.8 Å². The van der Waals surface area contributed by atoms with Crippen LogP contribution in [0.3, 0.4) is 0 Å². The molecule has 0 aliphatic rings. The molecule has 19 heavy (non-hydrogen) atoms. The second kappa shape index (κ2) is 5.99. The summed E-state index contributed by atoms with van der Waals surface area (Å²) >= 11 is 10.8. The molecule has 2 rings (SSSR count). The van der Waals surface area contributed by atoms with Crippen molar-refractivity contribution in [3.8, 4) is 0 Å². The minimum Gasteiger partial charge on any atom is -0.389 e. The fourth-order valence-electron chi connectivity index (χ4n) is 1.73. The van der Waals surface area contributed by atoms with E-state index in [1.807, 2.05) is 48.3 Å². The highest BCUT2D eigenvalue weighted by molar-refractivity contribution is 7.80. The first-order valence-electron chi connectivity index (χ1n) is 5.77. The minimum atomic E-state index is 0.378. The van der Waals surface area contributed by atoms with Crippen molar-refractivity contribution < 1.29 is 0 Å². The second-order valence-electron chi connectivity index (χ2n) is 4.25. The Hall–Kier alpha value is -1.65. The van der Waals surface area contributed by atoms with Crippen LogP contribution < -0.4 is 10.6 Å². The molecule has 98 valence electrons. The Bertz CT molecular complexity index is 583. The van der Waals surface area contributed by atoms with Crippen LogP contribution in [0.15, 0.2) is 42.6 Å². The first kappa shape index (κ1) is 13.8. The van der Waals surface area contributed by atoms with Crippen molar-refractivity contribution in [1.29, 1.82) is 0 Å². The van der Waals surface area contributed by atoms with Gasteiger partial charge in [0.2, 0.25) is 0 Å². The van der Waals surface area contributed by atoms with Crippen LogP contribution >= 0.6 is 23.8 Å². The van der Waals surface area contributed by atoms with Gasteiger partial charge in [-0.1, -0.05) is 36.0 Å². The molecular weight excluding hydrogens is 278 g/mol. The Morgan fingerprint density at radius 1 is 1.32 bits per heavy atom. The number of anilines is 1. The molecule has 0 radical (unpaired) electrons. The fraction of sp³-hybridized carbons (Fsp3) is 0.143. The standard InChI is InChI=1S/C14H14ClN3S/c1-18(9-10-2-4-12(15)5-3-10)13-8-11(14(16)19)6-7-17-13/h2-8H,9H2,1H3,(H2,16,19). The first-order chi connectivity index (χ1) is 9.06. The molecule has 0 saturated carbocycles. The van der Waals surface area contributed by atoms with Crippen molar-refractivity contribution in [3.05, 3.63) is 58.7 Å². The van der Waals surface area contributed by atoms with Gasteiger partial charge in [0, 0.05) is 30.4 Å². The molecule has 0 bridgehead atoms. The second-order valence-corrected chi connectivity index (χ2v) is 5.13. The van der Waals surface area contributed by atoms with Crippen molar-refractivity contribution in [2.75, 3.05) is 11.9 Å². The number of hydrogen-bond acceptors (Lipinski definition) is 3. The summed E-state index contributed by atoms with van der Waals surface area (Å²) in [5, 5.41) is 0.736. The maximum absolute atomic E-state index is 5.87. The van der Waals surface area contributed by atoms with Gasteiger partial charge < -0.3 is 10.6 Å². The SMILES string of the molecule is CN(Cc1ccc(Cl)cc1)c1cc(C(N)=S)ccn1. The zero-order valence-corrected chi connectivity index (χ0v) is 12.1. The average Bonchev–Trinajstić information content (AvgIpc) is 2.41. The first-order valence-corrected chi connectivity index (χ1v) is 6.56. The lowest BCUT2D eigenvalue weighted by atomic mass is 10.2. The van der Waals surface area contributed by atoms with Gasteiger partial charge >= 0.3 is 0 Å².